The zero-order valence-electron chi connectivity index (χ0n) is 9.63. The average molecular weight is 266 g/mol. The Kier molecular flexibility index (Phi) is 3.34. The maximum Gasteiger partial charge on any atom is 0.339 e. The van der Waals surface area contributed by atoms with Gasteiger partial charge in [-0.1, -0.05) is 24.3 Å². The number of hydrogen-bond acceptors (Lipinski definition) is 3. The van der Waals surface area contributed by atoms with Crippen molar-refractivity contribution in [3.05, 3.63) is 59.9 Å². The van der Waals surface area contributed by atoms with Crippen LogP contribution in [0.25, 0.3) is 0 Å². The monoisotopic (exact) mass is 266 g/mol. The van der Waals surface area contributed by atoms with E-state index in [1.807, 2.05) is 0 Å². The van der Waals surface area contributed by atoms with E-state index in [9.17, 15) is 12.8 Å². The van der Waals surface area contributed by atoms with Gasteiger partial charge in [0, 0.05) is 0 Å². The second-order valence-electron chi connectivity index (χ2n) is 3.76. The fourth-order valence-electron chi connectivity index (χ4n) is 1.44. The summed E-state index contributed by atoms with van der Waals surface area (Å²) in [5, 5.41) is 0. The predicted molar refractivity (Wildman–Crippen MR) is 65.4 cm³/mol. The molecule has 0 aliphatic carbocycles. The molecule has 0 spiro atoms. The Labute approximate surface area is 105 Å². The van der Waals surface area contributed by atoms with Gasteiger partial charge < -0.3 is 4.18 Å². The van der Waals surface area contributed by atoms with Crippen LogP contribution in [0.3, 0.4) is 0 Å². The lowest BCUT2D eigenvalue weighted by Gasteiger charge is -2.08. The molecule has 0 bridgehead atoms. The van der Waals surface area contributed by atoms with Crippen LogP contribution in [0.4, 0.5) is 4.39 Å². The number of halogens is 1. The van der Waals surface area contributed by atoms with E-state index in [0.29, 0.717) is 5.56 Å². The number of benzene rings is 2. The molecule has 3 nitrogen and oxygen atoms in total. The van der Waals surface area contributed by atoms with E-state index >= 15 is 0 Å². The van der Waals surface area contributed by atoms with Crippen LogP contribution in [0.2, 0.25) is 0 Å². The average Bonchev–Trinajstić information content (AvgIpc) is 2.32. The number of para-hydroxylation sites is 1. The van der Waals surface area contributed by atoms with Crippen molar-refractivity contribution in [2.24, 2.45) is 0 Å². The molecule has 0 heterocycles. The van der Waals surface area contributed by atoms with Gasteiger partial charge in [0.15, 0.2) is 0 Å². The third-order valence-electron chi connectivity index (χ3n) is 2.38. The Bertz CT molecular complexity index is 665. The molecule has 18 heavy (non-hydrogen) atoms. The van der Waals surface area contributed by atoms with Crippen molar-refractivity contribution in [1.29, 1.82) is 0 Å². The van der Waals surface area contributed by atoms with Gasteiger partial charge in [0.05, 0.1) is 0 Å². The van der Waals surface area contributed by atoms with Crippen molar-refractivity contribution in [3.63, 3.8) is 0 Å². The first-order valence-electron chi connectivity index (χ1n) is 5.25. The summed E-state index contributed by atoms with van der Waals surface area (Å²) in [5.41, 5.74) is 0.692. The van der Waals surface area contributed by atoms with E-state index in [-0.39, 0.29) is 10.6 Å². The Morgan fingerprint density at radius 2 is 1.78 bits per heavy atom. The highest BCUT2D eigenvalue weighted by Crippen LogP contribution is 2.22. The lowest BCUT2D eigenvalue weighted by molar-refractivity contribution is 0.483. The summed E-state index contributed by atoms with van der Waals surface area (Å²) in [6.45, 7) is 1.73. The Balaban J connectivity index is 2.37. The molecular weight excluding hydrogens is 255 g/mol. The molecule has 0 atom stereocenters. The molecule has 2 aromatic carbocycles. The van der Waals surface area contributed by atoms with Gasteiger partial charge in [-0.15, -0.1) is 0 Å². The molecule has 0 unspecified atom stereocenters. The quantitative estimate of drug-likeness (QED) is 0.802. The fraction of sp³-hybridized carbons (Fsp3) is 0.0769. The third-order valence-corrected chi connectivity index (χ3v) is 3.61. The highest BCUT2D eigenvalue weighted by Gasteiger charge is 2.17. The lowest BCUT2D eigenvalue weighted by atomic mass is 10.2. The number of rotatable bonds is 3. The van der Waals surface area contributed by atoms with Gasteiger partial charge in [0.2, 0.25) is 0 Å². The molecule has 0 saturated heterocycles. The van der Waals surface area contributed by atoms with Crippen molar-refractivity contribution < 1.29 is 17.0 Å². The first-order chi connectivity index (χ1) is 8.49. The second-order valence-corrected chi connectivity index (χ2v) is 5.31. The first-order valence-corrected chi connectivity index (χ1v) is 6.65. The van der Waals surface area contributed by atoms with Crippen LogP contribution in [-0.2, 0) is 10.1 Å². The lowest BCUT2D eigenvalue weighted by Crippen LogP contribution is -2.10. The van der Waals surface area contributed by atoms with Crippen molar-refractivity contribution in [3.8, 4) is 5.75 Å². The Morgan fingerprint density at radius 3 is 2.44 bits per heavy atom. The van der Waals surface area contributed by atoms with Crippen LogP contribution in [-0.4, -0.2) is 8.42 Å². The third kappa shape index (κ3) is 2.68. The maximum atomic E-state index is 13.0. The van der Waals surface area contributed by atoms with E-state index in [1.165, 1.54) is 18.2 Å². The summed E-state index contributed by atoms with van der Waals surface area (Å²) in [7, 11) is -4.00. The molecule has 0 aromatic heterocycles. The highest BCUT2D eigenvalue weighted by atomic mass is 32.2. The van der Waals surface area contributed by atoms with Crippen LogP contribution in [0.1, 0.15) is 5.56 Å². The number of hydrogen-bond donors (Lipinski definition) is 0. The molecule has 5 heteroatoms. The van der Waals surface area contributed by atoms with Gasteiger partial charge in [0.25, 0.3) is 0 Å². The van der Waals surface area contributed by atoms with Crippen molar-refractivity contribution in [2.75, 3.05) is 0 Å². The van der Waals surface area contributed by atoms with E-state index in [2.05, 4.69) is 0 Å². The summed E-state index contributed by atoms with van der Waals surface area (Å²) in [5.74, 6) is -0.383. The summed E-state index contributed by atoms with van der Waals surface area (Å²) in [6.07, 6.45) is 0. The van der Waals surface area contributed by atoms with E-state index in [1.54, 1.807) is 31.2 Å². The SMILES string of the molecule is Cc1ccccc1OS(=O)(=O)c1cccc(F)c1. The fourth-order valence-corrected chi connectivity index (χ4v) is 2.46. The minimum Gasteiger partial charge on any atom is -0.379 e. The molecule has 0 fully saturated rings. The molecule has 94 valence electrons. The van der Waals surface area contributed by atoms with Crippen LogP contribution in [0.5, 0.6) is 5.75 Å². The van der Waals surface area contributed by atoms with E-state index < -0.39 is 15.9 Å². The molecule has 0 amide bonds. The van der Waals surface area contributed by atoms with Gasteiger partial charge in [-0.05, 0) is 36.8 Å². The van der Waals surface area contributed by atoms with Crippen molar-refractivity contribution in [2.45, 2.75) is 11.8 Å². The molecule has 0 aliphatic heterocycles. The van der Waals surface area contributed by atoms with Crippen LogP contribution in [0.15, 0.2) is 53.4 Å². The topological polar surface area (TPSA) is 43.4 Å². The second kappa shape index (κ2) is 4.78. The molecule has 2 aromatic rings. The van der Waals surface area contributed by atoms with Crippen LogP contribution in [0, 0.1) is 12.7 Å². The summed E-state index contributed by atoms with van der Waals surface area (Å²) in [6, 6.07) is 11.4. The minimum absolute atomic E-state index is 0.203. The van der Waals surface area contributed by atoms with Crippen molar-refractivity contribution >= 4 is 10.1 Å². The standard InChI is InChI=1S/C13H11FO3S/c1-10-5-2-3-8-13(10)17-18(15,16)12-7-4-6-11(14)9-12/h2-9H,1H3. The van der Waals surface area contributed by atoms with Gasteiger partial charge in [0.1, 0.15) is 16.5 Å². The summed E-state index contributed by atoms with van der Waals surface area (Å²) in [4.78, 5) is -0.203. The molecular formula is C13H11FO3S. The summed E-state index contributed by atoms with van der Waals surface area (Å²) >= 11 is 0. The molecule has 0 N–H and O–H groups in total. The molecule has 0 saturated carbocycles. The van der Waals surface area contributed by atoms with E-state index in [0.717, 1.165) is 6.07 Å². The van der Waals surface area contributed by atoms with Gasteiger partial charge in [-0.3, -0.25) is 0 Å². The van der Waals surface area contributed by atoms with E-state index in [4.69, 9.17) is 4.18 Å². The molecule has 2 rings (SSSR count). The predicted octanol–water partition coefficient (Wildman–Crippen LogP) is 2.90. The zero-order chi connectivity index (χ0) is 13.2. The Morgan fingerprint density at radius 1 is 1.06 bits per heavy atom. The van der Waals surface area contributed by atoms with Gasteiger partial charge in [-0.2, -0.15) is 8.42 Å². The maximum absolute atomic E-state index is 13.0. The smallest absolute Gasteiger partial charge is 0.339 e. The van der Waals surface area contributed by atoms with Crippen molar-refractivity contribution in [1.82, 2.24) is 0 Å². The normalized spacial score (nSPS) is 11.2. The first kappa shape index (κ1) is 12.6. The van der Waals surface area contributed by atoms with Gasteiger partial charge in [-0.25, -0.2) is 4.39 Å². The minimum atomic E-state index is -4.00. The Hall–Kier alpha value is -1.88. The summed E-state index contributed by atoms with van der Waals surface area (Å²) < 4.78 is 41.8. The molecule has 0 radical (unpaired) electrons. The van der Waals surface area contributed by atoms with Crippen LogP contribution < -0.4 is 4.18 Å². The van der Waals surface area contributed by atoms with Gasteiger partial charge >= 0.3 is 10.1 Å². The van der Waals surface area contributed by atoms with Crippen LogP contribution >= 0.6 is 0 Å². The largest absolute Gasteiger partial charge is 0.379 e. The zero-order valence-corrected chi connectivity index (χ0v) is 10.4. The highest BCUT2D eigenvalue weighted by molar-refractivity contribution is 7.87. The molecule has 0 aliphatic rings. The number of aryl methyl sites for hydroxylation is 1.